The Morgan fingerprint density at radius 3 is 2.74 bits per heavy atom. The predicted molar refractivity (Wildman–Crippen MR) is 81.0 cm³/mol. The molecule has 0 unspecified atom stereocenters. The SMILES string of the molecule is Brc1ccc(NCc2ccnc3ccccc23)cn1. The van der Waals surface area contributed by atoms with Crippen molar-refractivity contribution in [2.24, 2.45) is 0 Å². The molecule has 0 aliphatic rings. The quantitative estimate of drug-likeness (QED) is 0.743. The molecular formula is C15H12BrN3. The van der Waals surface area contributed by atoms with Crippen molar-refractivity contribution in [1.82, 2.24) is 9.97 Å². The molecule has 0 radical (unpaired) electrons. The summed E-state index contributed by atoms with van der Waals surface area (Å²) in [6.07, 6.45) is 3.66. The zero-order valence-corrected chi connectivity index (χ0v) is 11.8. The molecule has 0 atom stereocenters. The molecule has 2 heterocycles. The average Bonchev–Trinajstić information content (AvgIpc) is 2.47. The van der Waals surface area contributed by atoms with E-state index in [9.17, 15) is 0 Å². The lowest BCUT2D eigenvalue weighted by Gasteiger charge is -2.08. The lowest BCUT2D eigenvalue weighted by Crippen LogP contribution is -2.00. The molecule has 3 rings (SSSR count). The van der Waals surface area contributed by atoms with Crippen LogP contribution in [0.5, 0.6) is 0 Å². The van der Waals surface area contributed by atoms with Gasteiger partial charge in [-0.1, -0.05) is 18.2 Å². The van der Waals surface area contributed by atoms with Crippen molar-refractivity contribution >= 4 is 32.5 Å². The molecule has 94 valence electrons. The maximum Gasteiger partial charge on any atom is 0.106 e. The maximum absolute atomic E-state index is 4.36. The molecular weight excluding hydrogens is 302 g/mol. The number of benzene rings is 1. The molecule has 19 heavy (non-hydrogen) atoms. The first-order valence-corrected chi connectivity index (χ1v) is 6.80. The van der Waals surface area contributed by atoms with Crippen molar-refractivity contribution in [3.05, 3.63) is 65.0 Å². The average molecular weight is 314 g/mol. The van der Waals surface area contributed by atoms with Gasteiger partial charge >= 0.3 is 0 Å². The van der Waals surface area contributed by atoms with Crippen LogP contribution in [0, 0.1) is 0 Å². The molecule has 0 fully saturated rings. The number of para-hydroxylation sites is 1. The van der Waals surface area contributed by atoms with Crippen molar-refractivity contribution in [2.45, 2.75) is 6.54 Å². The van der Waals surface area contributed by atoms with Gasteiger partial charge in [0, 0.05) is 18.1 Å². The molecule has 0 bridgehead atoms. The van der Waals surface area contributed by atoms with Gasteiger partial charge in [0.05, 0.1) is 17.4 Å². The van der Waals surface area contributed by atoms with Crippen LogP contribution in [-0.4, -0.2) is 9.97 Å². The number of hydrogen-bond donors (Lipinski definition) is 1. The van der Waals surface area contributed by atoms with E-state index in [-0.39, 0.29) is 0 Å². The highest BCUT2D eigenvalue weighted by Crippen LogP contribution is 2.18. The fourth-order valence-corrected chi connectivity index (χ4v) is 2.22. The van der Waals surface area contributed by atoms with E-state index in [1.165, 1.54) is 10.9 Å². The van der Waals surface area contributed by atoms with Crippen LogP contribution in [0.4, 0.5) is 5.69 Å². The van der Waals surface area contributed by atoms with Gasteiger partial charge < -0.3 is 5.32 Å². The highest BCUT2D eigenvalue weighted by molar-refractivity contribution is 9.10. The van der Waals surface area contributed by atoms with Gasteiger partial charge in [0.25, 0.3) is 0 Å². The number of fused-ring (bicyclic) bond motifs is 1. The molecule has 4 heteroatoms. The third kappa shape index (κ3) is 2.74. The Morgan fingerprint density at radius 1 is 1.00 bits per heavy atom. The normalized spacial score (nSPS) is 10.6. The molecule has 3 nitrogen and oxygen atoms in total. The van der Waals surface area contributed by atoms with Gasteiger partial charge in [-0.05, 0) is 45.8 Å². The topological polar surface area (TPSA) is 37.8 Å². The summed E-state index contributed by atoms with van der Waals surface area (Å²) in [4.78, 5) is 8.56. The first-order chi connectivity index (χ1) is 9.33. The van der Waals surface area contributed by atoms with Gasteiger partial charge in [-0.15, -0.1) is 0 Å². The summed E-state index contributed by atoms with van der Waals surface area (Å²) in [5.74, 6) is 0. The number of pyridine rings is 2. The number of hydrogen-bond acceptors (Lipinski definition) is 3. The van der Waals surface area contributed by atoms with Crippen molar-refractivity contribution in [3.63, 3.8) is 0 Å². The summed E-state index contributed by atoms with van der Waals surface area (Å²) in [5.41, 5.74) is 3.26. The van der Waals surface area contributed by atoms with E-state index in [1.54, 1.807) is 0 Å². The number of rotatable bonds is 3. The summed E-state index contributed by atoms with van der Waals surface area (Å²) < 4.78 is 0.840. The lowest BCUT2D eigenvalue weighted by atomic mass is 10.1. The summed E-state index contributed by atoms with van der Waals surface area (Å²) in [7, 11) is 0. The first-order valence-electron chi connectivity index (χ1n) is 6.01. The molecule has 1 aromatic carbocycles. The number of nitrogens with one attached hydrogen (secondary N) is 1. The highest BCUT2D eigenvalue weighted by atomic mass is 79.9. The van der Waals surface area contributed by atoms with E-state index in [0.29, 0.717) is 0 Å². The minimum atomic E-state index is 0.756. The van der Waals surface area contributed by atoms with E-state index in [0.717, 1.165) is 22.4 Å². The van der Waals surface area contributed by atoms with E-state index in [1.807, 2.05) is 48.8 Å². The van der Waals surface area contributed by atoms with E-state index >= 15 is 0 Å². The van der Waals surface area contributed by atoms with Crippen LogP contribution in [0.3, 0.4) is 0 Å². The van der Waals surface area contributed by atoms with Gasteiger partial charge in [0.1, 0.15) is 4.60 Å². The standard InChI is InChI=1S/C15H12BrN3/c16-15-6-5-12(10-19-15)18-9-11-7-8-17-14-4-2-1-3-13(11)14/h1-8,10,18H,9H2. The minimum Gasteiger partial charge on any atom is -0.380 e. The van der Waals surface area contributed by atoms with Crippen LogP contribution in [0.25, 0.3) is 10.9 Å². The van der Waals surface area contributed by atoms with Crippen LogP contribution in [-0.2, 0) is 6.54 Å². The lowest BCUT2D eigenvalue weighted by molar-refractivity contribution is 1.14. The van der Waals surface area contributed by atoms with Crippen molar-refractivity contribution in [2.75, 3.05) is 5.32 Å². The zero-order chi connectivity index (χ0) is 13.1. The third-order valence-corrected chi connectivity index (χ3v) is 3.42. The van der Waals surface area contributed by atoms with Crippen molar-refractivity contribution in [1.29, 1.82) is 0 Å². The van der Waals surface area contributed by atoms with Gasteiger partial charge in [0.2, 0.25) is 0 Å². The molecule has 0 saturated heterocycles. The van der Waals surface area contributed by atoms with Crippen LogP contribution < -0.4 is 5.32 Å². The Morgan fingerprint density at radius 2 is 1.89 bits per heavy atom. The molecule has 2 aromatic heterocycles. The fourth-order valence-electron chi connectivity index (χ4n) is 1.99. The van der Waals surface area contributed by atoms with Crippen LogP contribution in [0.2, 0.25) is 0 Å². The summed E-state index contributed by atoms with van der Waals surface area (Å²) in [6.45, 7) is 0.756. The predicted octanol–water partition coefficient (Wildman–Crippen LogP) is 4.00. The van der Waals surface area contributed by atoms with Crippen LogP contribution >= 0.6 is 15.9 Å². The Kier molecular flexibility index (Phi) is 3.42. The molecule has 0 aliphatic heterocycles. The largest absolute Gasteiger partial charge is 0.380 e. The summed E-state index contributed by atoms with van der Waals surface area (Å²) in [5, 5.41) is 4.55. The number of aromatic nitrogens is 2. The summed E-state index contributed by atoms with van der Waals surface area (Å²) in [6, 6.07) is 14.1. The number of nitrogens with zero attached hydrogens (tertiary/aromatic N) is 2. The second kappa shape index (κ2) is 5.36. The number of anilines is 1. The smallest absolute Gasteiger partial charge is 0.106 e. The maximum atomic E-state index is 4.36. The Bertz CT molecular complexity index is 690. The van der Waals surface area contributed by atoms with Gasteiger partial charge in [-0.3, -0.25) is 4.98 Å². The van der Waals surface area contributed by atoms with Gasteiger partial charge in [0.15, 0.2) is 0 Å². The Hall–Kier alpha value is -1.94. The first kappa shape index (κ1) is 12.1. The van der Waals surface area contributed by atoms with Crippen LogP contribution in [0.1, 0.15) is 5.56 Å². The van der Waals surface area contributed by atoms with E-state index in [4.69, 9.17) is 0 Å². The van der Waals surface area contributed by atoms with Gasteiger partial charge in [-0.2, -0.15) is 0 Å². The molecule has 0 spiro atoms. The van der Waals surface area contributed by atoms with Crippen molar-refractivity contribution in [3.8, 4) is 0 Å². The minimum absolute atomic E-state index is 0.756. The van der Waals surface area contributed by atoms with E-state index in [2.05, 4.69) is 37.3 Å². The zero-order valence-electron chi connectivity index (χ0n) is 10.2. The Labute approximate surface area is 119 Å². The monoisotopic (exact) mass is 313 g/mol. The molecule has 0 amide bonds. The second-order valence-corrected chi connectivity index (χ2v) is 5.02. The molecule has 3 aromatic rings. The fraction of sp³-hybridized carbons (Fsp3) is 0.0667. The summed E-state index contributed by atoms with van der Waals surface area (Å²) >= 11 is 3.33. The van der Waals surface area contributed by atoms with Crippen LogP contribution in [0.15, 0.2) is 59.5 Å². The molecule has 1 N–H and O–H groups in total. The second-order valence-electron chi connectivity index (χ2n) is 4.21. The molecule has 0 aliphatic carbocycles. The van der Waals surface area contributed by atoms with Crippen molar-refractivity contribution < 1.29 is 0 Å². The van der Waals surface area contributed by atoms with Gasteiger partial charge in [-0.25, -0.2) is 4.98 Å². The highest BCUT2D eigenvalue weighted by Gasteiger charge is 2.01. The molecule has 0 saturated carbocycles. The Balaban J connectivity index is 1.84. The number of halogens is 1. The third-order valence-electron chi connectivity index (χ3n) is 2.95. The van der Waals surface area contributed by atoms with E-state index < -0.39 is 0 Å².